The van der Waals surface area contributed by atoms with Crippen LogP contribution in [0.3, 0.4) is 0 Å². The van der Waals surface area contributed by atoms with Gasteiger partial charge in [0.2, 0.25) is 5.95 Å². The number of carboxylic acid groups (broad SMARTS) is 1. The molecule has 0 radical (unpaired) electrons. The first kappa shape index (κ1) is 13.8. The summed E-state index contributed by atoms with van der Waals surface area (Å²) in [6.07, 6.45) is 1.57. The number of benzene rings is 1. The standard InChI is InChI=1S/C14H11FN4O3/c1-22-9-3-2-8(12(15)11(9)13(20)21)7-4-5-19-10(6-7)17-14(16)18-19/h2-6H,1H3,(H2,16,18)(H,20,21). The molecule has 3 rings (SSSR count). The van der Waals surface area contributed by atoms with Crippen molar-refractivity contribution in [3.8, 4) is 16.9 Å². The van der Waals surface area contributed by atoms with E-state index in [4.69, 9.17) is 15.6 Å². The predicted octanol–water partition coefficient (Wildman–Crippen LogP) is 1.82. The summed E-state index contributed by atoms with van der Waals surface area (Å²) in [5.74, 6) is -2.21. The summed E-state index contributed by atoms with van der Waals surface area (Å²) in [7, 11) is 1.28. The number of aromatic carboxylic acids is 1. The van der Waals surface area contributed by atoms with Crippen molar-refractivity contribution < 1.29 is 19.0 Å². The molecular formula is C14H11FN4O3. The molecule has 2 heterocycles. The summed E-state index contributed by atoms with van der Waals surface area (Å²) < 4.78 is 20.9. The molecule has 0 spiro atoms. The summed E-state index contributed by atoms with van der Waals surface area (Å²) in [6.45, 7) is 0. The molecule has 8 heteroatoms. The summed E-state index contributed by atoms with van der Waals surface area (Å²) in [5, 5.41) is 13.1. The molecule has 0 bridgehead atoms. The van der Waals surface area contributed by atoms with E-state index in [1.54, 1.807) is 18.3 Å². The highest BCUT2D eigenvalue weighted by Gasteiger charge is 2.21. The van der Waals surface area contributed by atoms with Crippen LogP contribution >= 0.6 is 0 Å². The van der Waals surface area contributed by atoms with E-state index in [0.717, 1.165) is 0 Å². The number of nitrogen functional groups attached to an aromatic ring is 1. The number of carbonyl (C=O) groups is 1. The van der Waals surface area contributed by atoms with Crippen LogP contribution in [0, 0.1) is 5.82 Å². The fourth-order valence-corrected chi connectivity index (χ4v) is 2.22. The molecule has 0 unspecified atom stereocenters. The minimum atomic E-state index is -1.40. The Morgan fingerprint density at radius 3 is 2.86 bits per heavy atom. The number of halogens is 1. The Bertz CT molecular complexity index is 891. The second-order valence-corrected chi connectivity index (χ2v) is 4.50. The zero-order valence-electron chi connectivity index (χ0n) is 11.4. The second-order valence-electron chi connectivity index (χ2n) is 4.50. The lowest BCUT2D eigenvalue weighted by molar-refractivity contribution is 0.0688. The minimum absolute atomic E-state index is 0.0402. The Balaban J connectivity index is 2.21. The van der Waals surface area contributed by atoms with Gasteiger partial charge in [-0.05, 0) is 29.8 Å². The molecular weight excluding hydrogens is 291 g/mol. The third-order valence-electron chi connectivity index (χ3n) is 3.20. The van der Waals surface area contributed by atoms with E-state index in [2.05, 4.69) is 10.1 Å². The number of carboxylic acids is 1. The normalized spacial score (nSPS) is 10.8. The lowest BCUT2D eigenvalue weighted by Crippen LogP contribution is -2.05. The van der Waals surface area contributed by atoms with Crippen molar-refractivity contribution in [2.24, 2.45) is 0 Å². The van der Waals surface area contributed by atoms with E-state index in [1.165, 1.54) is 23.8 Å². The van der Waals surface area contributed by atoms with Gasteiger partial charge < -0.3 is 15.6 Å². The van der Waals surface area contributed by atoms with E-state index in [-0.39, 0.29) is 17.3 Å². The van der Waals surface area contributed by atoms with Crippen LogP contribution in [0.2, 0.25) is 0 Å². The summed E-state index contributed by atoms with van der Waals surface area (Å²) >= 11 is 0. The van der Waals surface area contributed by atoms with E-state index >= 15 is 0 Å². The molecule has 1 aromatic carbocycles. The van der Waals surface area contributed by atoms with Gasteiger partial charge in [0.1, 0.15) is 17.1 Å². The first-order chi connectivity index (χ1) is 10.5. The van der Waals surface area contributed by atoms with E-state index in [1.807, 2.05) is 0 Å². The molecule has 3 aromatic rings. The Hall–Kier alpha value is -3.16. The Kier molecular flexibility index (Phi) is 3.13. The van der Waals surface area contributed by atoms with Crippen LogP contribution in [0.5, 0.6) is 5.75 Å². The number of hydrogen-bond acceptors (Lipinski definition) is 5. The highest BCUT2D eigenvalue weighted by Crippen LogP contribution is 2.31. The van der Waals surface area contributed by atoms with Gasteiger partial charge in [0.15, 0.2) is 5.65 Å². The monoisotopic (exact) mass is 302 g/mol. The van der Waals surface area contributed by atoms with Crippen molar-refractivity contribution in [2.45, 2.75) is 0 Å². The number of aromatic nitrogens is 3. The third-order valence-corrected chi connectivity index (χ3v) is 3.20. The first-order valence-corrected chi connectivity index (χ1v) is 6.23. The number of hydrogen-bond donors (Lipinski definition) is 2. The first-order valence-electron chi connectivity index (χ1n) is 6.23. The maximum absolute atomic E-state index is 14.5. The Morgan fingerprint density at radius 2 is 2.18 bits per heavy atom. The molecule has 7 nitrogen and oxygen atoms in total. The van der Waals surface area contributed by atoms with Crippen LogP contribution in [0.25, 0.3) is 16.8 Å². The fraction of sp³-hybridized carbons (Fsp3) is 0.0714. The number of rotatable bonds is 3. The maximum atomic E-state index is 14.5. The van der Waals surface area contributed by atoms with Gasteiger partial charge in [0.05, 0.1) is 7.11 Å². The number of nitrogens with zero attached hydrogens (tertiary/aromatic N) is 3. The Labute approximate surface area is 123 Å². The molecule has 22 heavy (non-hydrogen) atoms. The molecule has 0 aliphatic heterocycles. The number of anilines is 1. The van der Waals surface area contributed by atoms with Crippen molar-refractivity contribution in [1.82, 2.24) is 14.6 Å². The van der Waals surface area contributed by atoms with Crippen molar-refractivity contribution in [3.05, 3.63) is 41.8 Å². The quantitative estimate of drug-likeness (QED) is 0.765. The van der Waals surface area contributed by atoms with Crippen LogP contribution in [0.1, 0.15) is 10.4 Å². The minimum Gasteiger partial charge on any atom is -0.496 e. The van der Waals surface area contributed by atoms with Gasteiger partial charge in [-0.2, -0.15) is 4.98 Å². The van der Waals surface area contributed by atoms with Crippen molar-refractivity contribution in [2.75, 3.05) is 12.8 Å². The number of fused-ring (bicyclic) bond motifs is 1. The molecule has 0 fully saturated rings. The average Bonchev–Trinajstić information content (AvgIpc) is 2.85. The molecule has 0 atom stereocenters. The summed E-state index contributed by atoms with van der Waals surface area (Å²) in [6, 6.07) is 6.02. The number of methoxy groups -OCH3 is 1. The maximum Gasteiger partial charge on any atom is 0.342 e. The van der Waals surface area contributed by atoms with E-state index < -0.39 is 17.3 Å². The molecule has 0 aliphatic carbocycles. The summed E-state index contributed by atoms with van der Waals surface area (Å²) in [5.41, 5.74) is 6.01. The average molecular weight is 302 g/mol. The van der Waals surface area contributed by atoms with Crippen molar-refractivity contribution in [3.63, 3.8) is 0 Å². The molecule has 2 aromatic heterocycles. The van der Waals surface area contributed by atoms with Gasteiger partial charge in [0, 0.05) is 11.8 Å². The van der Waals surface area contributed by atoms with Gasteiger partial charge in [-0.15, -0.1) is 5.10 Å². The summed E-state index contributed by atoms with van der Waals surface area (Å²) in [4.78, 5) is 15.2. The van der Waals surface area contributed by atoms with Crippen LogP contribution < -0.4 is 10.5 Å². The zero-order chi connectivity index (χ0) is 15.9. The molecule has 112 valence electrons. The molecule has 0 saturated heterocycles. The number of ether oxygens (including phenoxy) is 1. The van der Waals surface area contributed by atoms with Crippen molar-refractivity contribution in [1.29, 1.82) is 0 Å². The predicted molar refractivity (Wildman–Crippen MR) is 76.3 cm³/mol. The van der Waals surface area contributed by atoms with Crippen LogP contribution in [0.15, 0.2) is 30.5 Å². The van der Waals surface area contributed by atoms with E-state index in [9.17, 15) is 9.18 Å². The van der Waals surface area contributed by atoms with Gasteiger partial charge in [0.25, 0.3) is 0 Å². The van der Waals surface area contributed by atoms with Gasteiger partial charge in [-0.1, -0.05) is 0 Å². The van der Waals surface area contributed by atoms with Crippen LogP contribution in [-0.2, 0) is 0 Å². The van der Waals surface area contributed by atoms with E-state index in [0.29, 0.717) is 11.2 Å². The lowest BCUT2D eigenvalue weighted by Gasteiger charge is -2.10. The second kappa shape index (κ2) is 4.99. The number of nitrogens with two attached hydrogens (primary N) is 1. The Morgan fingerprint density at radius 1 is 1.41 bits per heavy atom. The van der Waals surface area contributed by atoms with Crippen LogP contribution in [-0.4, -0.2) is 32.8 Å². The molecule has 0 aliphatic rings. The smallest absolute Gasteiger partial charge is 0.342 e. The highest BCUT2D eigenvalue weighted by atomic mass is 19.1. The highest BCUT2D eigenvalue weighted by molar-refractivity contribution is 5.93. The molecule has 0 saturated carbocycles. The third kappa shape index (κ3) is 2.10. The van der Waals surface area contributed by atoms with Gasteiger partial charge in [-0.25, -0.2) is 13.7 Å². The lowest BCUT2D eigenvalue weighted by atomic mass is 10.0. The largest absolute Gasteiger partial charge is 0.496 e. The zero-order valence-corrected chi connectivity index (χ0v) is 11.4. The molecule has 0 amide bonds. The molecule has 3 N–H and O–H groups in total. The van der Waals surface area contributed by atoms with Gasteiger partial charge >= 0.3 is 5.97 Å². The van der Waals surface area contributed by atoms with Gasteiger partial charge in [-0.3, -0.25) is 0 Å². The topological polar surface area (TPSA) is 103 Å². The van der Waals surface area contributed by atoms with Crippen LogP contribution in [0.4, 0.5) is 10.3 Å². The number of pyridine rings is 1. The fourth-order valence-electron chi connectivity index (χ4n) is 2.22. The van der Waals surface area contributed by atoms with Crippen molar-refractivity contribution >= 4 is 17.6 Å². The SMILES string of the molecule is COc1ccc(-c2ccn3nc(N)nc3c2)c(F)c1C(=O)O.